The maximum absolute atomic E-state index is 12.6. The number of rotatable bonds is 2. The second kappa shape index (κ2) is 6.10. The maximum atomic E-state index is 12.6. The smallest absolute Gasteiger partial charge is 0.340 e. The number of halogens is 2. The van der Waals surface area contributed by atoms with E-state index in [-0.39, 0.29) is 0 Å². The molecule has 0 spiro atoms. The highest BCUT2D eigenvalue weighted by Crippen LogP contribution is 2.39. The van der Waals surface area contributed by atoms with Crippen LogP contribution in [0.1, 0.15) is 10.4 Å². The number of methoxy groups -OCH3 is 1. The summed E-state index contributed by atoms with van der Waals surface area (Å²) in [5.41, 5.74) is 2.82. The van der Waals surface area contributed by atoms with Crippen molar-refractivity contribution in [3.63, 3.8) is 0 Å². The Morgan fingerprint density at radius 2 is 1.60 bits per heavy atom. The Balaban J connectivity index is 2.24. The molecule has 0 aliphatic heterocycles. The van der Waals surface area contributed by atoms with Crippen LogP contribution in [0.4, 0.5) is 0 Å². The van der Waals surface area contributed by atoms with Crippen molar-refractivity contribution in [2.24, 2.45) is 0 Å². The average Bonchev–Trinajstić information content (AvgIpc) is 3.07. The first-order chi connectivity index (χ1) is 12.1. The van der Waals surface area contributed by atoms with Crippen LogP contribution in [0.25, 0.3) is 27.4 Å². The van der Waals surface area contributed by atoms with Gasteiger partial charge in [0.15, 0.2) is 0 Å². The molecule has 5 heteroatoms. The largest absolute Gasteiger partial charge is 0.465 e. The number of esters is 1. The Hall–Kier alpha value is -2.49. The molecule has 0 aliphatic rings. The van der Waals surface area contributed by atoms with Crippen LogP contribution in [0, 0.1) is 0 Å². The molecule has 0 fully saturated rings. The Morgan fingerprint density at radius 1 is 0.960 bits per heavy atom. The number of pyridine rings is 1. The van der Waals surface area contributed by atoms with E-state index in [4.69, 9.17) is 27.9 Å². The molecule has 0 N–H and O–H groups in total. The summed E-state index contributed by atoms with van der Waals surface area (Å²) in [6, 6.07) is 17.3. The number of carbonyl (C=O) groups excluding carboxylic acids is 1. The fraction of sp³-hybridized carbons (Fsp3) is 0.0500. The third kappa shape index (κ3) is 2.39. The summed E-state index contributed by atoms with van der Waals surface area (Å²) in [6.45, 7) is 0. The lowest BCUT2D eigenvalue weighted by molar-refractivity contribution is 0.0604. The van der Waals surface area contributed by atoms with Crippen molar-refractivity contribution in [1.82, 2.24) is 4.40 Å². The van der Waals surface area contributed by atoms with Crippen LogP contribution in [-0.2, 0) is 4.74 Å². The fourth-order valence-corrected chi connectivity index (χ4v) is 3.66. The van der Waals surface area contributed by atoms with Crippen molar-refractivity contribution in [2.45, 2.75) is 0 Å². The van der Waals surface area contributed by atoms with Gasteiger partial charge in [0.1, 0.15) is 5.15 Å². The first kappa shape index (κ1) is 16.0. The minimum Gasteiger partial charge on any atom is -0.465 e. The normalized spacial score (nSPS) is 11.2. The molecule has 2 aromatic heterocycles. The van der Waals surface area contributed by atoms with Crippen LogP contribution in [0.2, 0.25) is 10.2 Å². The zero-order valence-electron chi connectivity index (χ0n) is 13.3. The molecule has 124 valence electrons. The molecule has 25 heavy (non-hydrogen) atoms. The van der Waals surface area contributed by atoms with Crippen LogP contribution in [-0.4, -0.2) is 17.5 Å². The van der Waals surface area contributed by atoms with E-state index in [1.54, 1.807) is 4.40 Å². The zero-order chi connectivity index (χ0) is 17.6. The predicted octanol–water partition coefficient (Wildman–Crippen LogP) is 5.85. The number of ether oxygens (including phenoxy) is 1. The van der Waals surface area contributed by atoms with E-state index in [0.717, 1.165) is 21.9 Å². The lowest BCUT2D eigenvalue weighted by atomic mass is 10.0. The Kier molecular flexibility index (Phi) is 3.91. The van der Waals surface area contributed by atoms with Gasteiger partial charge in [-0.1, -0.05) is 77.8 Å². The second-order valence-electron chi connectivity index (χ2n) is 5.64. The van der Waals surface area contributed by atoms with Gasteiger partial charge < -0.3 is 9.14 Å². The predicted molar refractivity (Wildman–Crippen MR) is 102 cm³/mol. The summed E-state index contributed by atoms with van der Waals surface area (Å²) in [7, 11) is 1.38. The van der Waals surface area contributed by atoms with Crippen LogP contribution in [0.3, 0.4) is 0 Å². The summed E-state index contributed by atoms with van der Waals surface area (Å²) >= 11 is 13.0. The number of nitrogens with zero attached hydrogens (tertiary/aromatic N) is 1. The Morgan fingerprint density at radius 3 is 2.28 bits per heavy atom. The maximum Gasteiger partial charge on any atom is 0.340 e. The van der Waals surface area contributed by atoms with Gasteiger partial charge in [-0.15, -0.1) is 0 Å². The highest BCUT2D eigenvalue weighted by molar-refractivity contribution is 6.45. The highest BCUT2D eigenvalue weighted by Gasteiger charge is 2.24. The minimum atomic E-state index is -0.412. The van der Waals surface area contributed by atoms with Gasteiger partial charge in [-0.05, 0) is 5.56 Å². The van der Waals surface area contributed by atoms with Gasteiger partial charge in [0.25, 0.3) is 0 Å². The van der Waals surface area contributed by atoms with Gasteiger partial charge in [0, 0.05) is 22.5 Å². The van der Waals surface area contributed by atoms with Crippen LogP contribution >= 0.6 is 23.2 Å². The molecule has 0 radical (unpaired) electrons. The lowest BCUT2D eigenvalue weighted by Crippen LogP contribution is -2.03. The topological polar surface area (TPSA) is 30.7 Å². The quantitative estimate of drug-likeness (QED) is 0.327. The summed E-state index contributed by atoms with van der Waals surface area (Å²) in [6.07, 6.45) is 1.83. The number of benzene rings is 2. The first-order valence-electron chi connectivity index (χ1n) is 7.68. The van der Waals surface area contributed by atoms with Gasteiger partial charge in [-0.3, -0.25) is 0 Å². The summed E-state index contributed by atoms with van der Waals surface area (Å²) < 4.78 is 6.81. The van der Waals surface area contributed by atoms with E-state index in [2.05, 4.69) is 0 Å². The van der Waals surface area contributed by atoms with Crippen molar-refractivity contribution in [1.29, 1.82) is 0 Å². The van der Waals surface area contributed by atoms with E-state index < -0.39 is 5.97 Å². The third-order valence-corrected chi connectivity index (χ3v) is 5.14. The molecule has 0 atom stereocenters. The lowest BCUT2D eigenvalue weighted by Gasteiger charge is -2.09. The summed E-state index contributed by atoms with van der Waals surface area (Å²) in [5, 5.41) is 2.46. The monoisotopic (exact) mass is 369 g/mol. The van der Waals surface area contributed by atoms with Crippen molar-refractivity contribution in [3.8, 4) is 11.1 Å². The van der Waals surface area contributed by atoms with E-state index in [0.29, 0.717) is 21.3 Å². The number of hydrogen-bond acceptors (Lipinski definition) is 2. The summed E-state index contributed by atoms with van der Waals surface area (Å²) in [4.78, 5) is 12.6. The van der Waals surface area contributed by atoms with Crippen molar-refractivity contribution in [2.75, 3.05) is 7.11 Å². The average molecular weight is 370 g/mol. The second-order valence-corrected chi connectivity index (χ2v) is 6.38. The van der Waals surface area contributed by atoms with Crippen LogP contribution < -0.4 is 0 Å². The molecule has 0 saturated heterocycles. The molecular weight excluding hydrogens is 357 g/mol. The molecule has 0 bridgehead atoms. The van der Waals surface area contributed by atoms with Gasteiger partial charge in [0.2, 0.25) is 0 Å². The number of fused-ring (bicyclic) bond motifs is 3. The van der Waals surface area contributed by atoms with E-state index >= 15 is 0 Å². The molecule has 4 aromatic rings. The molecular formula is C20H13Cl2NO2. The number of carbonyl (C=O) groups is 1. The SMILES string of the molecule is COC(=O)c1c(-c2ccccc2)cn2c(Cl)c(Cl)c3ccccc3c12. The molecule has 3 nitrogen and oxygen atoms in total. The van der Waals surface area contributed by atoms with Gasteiger partial charge in [-0.25, -0.2) is 4.79 Å². The zero-order valence-corrected chi connectivity index (χ0v) is 14.8. The van der Waals surface area contributed by atoms with E-state index in [9.17, 15) is 4.79 Å². The van der Waals surface area contributed by atoms with E-state index in [1.165, 1.54) is 7.11 Å². The number of hydrogen-bond donors (Lipinski definition) is 0. The molecule has 2 aromatic carbocycles. The first-order valence-corrected chi connectivity index (χ1v) is 8.43. The van der Waals surface area contributed by atoms with Crippen molar-refractivity contribution >= 4 is 45.5 Å². The minimum absolute atomic E-state index is 0.364. The molecule has 2 heterocycles. The molecule has 0 aliphatic carbocycles. The van der Waals surface area contributed by atoms with Crippen molar-refractivity contribution < 1.29 is 9.53 Å². The summed E-state index contributed by atoms with van der Waals surface area (Å²) in [5.74, 6) is -0.412. The molecule has 0 saturated carbocycles. The molecule has 0 amide bonds. The Bertz CT molecular complexity index is 1120. The van der Waals surface area contributed by atoms with Crippen LogP contribution in [0.15, 0.2) is 60.8 Å². The van der Waals surface area contributed by atoms with Gasteiger partial charge >= 0.3 is 5.97 Å². The standard InChI is InChI=1S/C20H13Cl2NO2/c1-25-20(24)16-15(12-7-3-2-4-8-12)11-23-18(16)14-10-6-5-9-13(14)17(21)19(23)22/h2-11H,1H3. The molecule has 4 rings (SSSR count). The van der Waals surface area contributed by atoms with E-state index in [1.807, 2.05) is 60.8 Å². The highest BCUT2D eigenvalue weighted by atomic mass is 35.5. The van der Waals surface area contributed by atoms with Crippen molar-refractivity contribution in [3.05, 3.63) is 76.5 Å². The molecule has 0 unspecified atom stereocenters. The Labute approximate surface area is 154 Å². The van der Waals surface area contributed by atoms with Crippen LogP contribution in [0.5, 0.6) is 0 Å². The van der Waals surface area contributed by atoms with Gasteiger partial charge in [0.05, 0.1) is 23.2 Å². The third-order valence-electron chi connectivity index (χ3n) is 4.29. The van der Waals surface area contributed by atoms with Gasteiger partial charge in [-0.2, -0.15) is 0 Å². The fourth-order valence-electron chi connectivity index (χ4n) is 3.17. The number of aromatic nitrogens is 1.